The zero-order valence-electron chi connectivity index (χ0n) is 12.4. The number of nitrogens with zero attached hydrogens (tertiary/aromatic N) is 1. The number of carbonyl (C=O) groups is 1. The molecule has 0 aromatic carbocycles. The maximum atomic E-state index is 11.9. The van der Waals surface area contributed by atoms with Crippen LogP contribution in [0.2, 0.25) is 0 Å². The number of aromatic nitrogens is 2. The summed E-state index contributed by atoms with van der Waals surface area (Å²) in [5.41, 5.74) is 0.978. The molecule has 0 aliphatic heterocycles. The number of aryl methyl sites for hydroxylation is 1. The first-order chi connectivity index (χ1) is 10.1. The van der Waals surface area contributed by atoms with Crippen molar-refractivity contribution in [2.45, 2.75) is 45.1 Å². The molecule has 1 saturated carbocycles. The fourth-order valence-electron chi connectivity index (χ4n) is 2.58. The summed E-state index contributed by atoms with van der Waals surface area (Å²) < 4.78 is 5.81. The van der Waals surface area contributed by atoms with Crippen LogP contribution < -0.4 is 5.32 Å². The first-order valence-electron chi connectivity index (χ1n) is 7.50. The Morgan fingerprint density at radius 2 is 2.38 bits per heavy atom. The molecular weight excluding hydrogens is 266 g/mol. The third-order valence-corrected chi connectivity index (χ3v) is 4.15. The monoisotopic (exact) mass is 287 g/mol. The van der Waals surface area contributed by atoms with Gasteiger partial charge in [-0.05, 0) is 31.4 Å². The van der Waals surface area contributed by atoms with E-state index in [1.807, 2.05) is 13.0 Å². The molecule has 112 valence electrons. The molecular formula is C16H21N3O2. The quantitative estimate of drug-likeness (QED) is 0.858. The van der Waals surface area contributed by atoms with Gasteiger partial charge >= 0.3 is 0 Å². The summed E-state index contributed by atoms with van der Waals surface area (Å²) in [4.78, 5) is 11.9. The molecule has 0 bridgehead atoms. The van der Waals surface area contributed by atoms with Gasteiger partial charge in [-0.25, -0.2) is 0 Å². The summed E-state index contributed by atoms with van der Waals surface area (Å²) in [5.74, 6) is 3.33. The molecule has 2 aromatic rings. The lowest BCUT2D eigenvalue weighted by atomic mass is 10.1. The van der Waals surface area contributed by atoms with E-state index < -0.39 is 0 Å². The van der Waals surface area contributed by atoms with E-state index in [1.165, 1.54) is 6.42 Å². The van der Waals surface area contributed by atoms with Crippen LogP contribution in [0.15, 0.2) is 28.9 Å². The molecule has 2 heterocycles. The molecule has 1 aliphatic carbocycles. The Morgan fingerprint density at radius 3 is 3.05 bits per heavy atom. The highest BCUT2D eigenvalue weighted by molar-refractivity contribution is 5.76. The number of furan rings is 1. The molecule has 2 N–H and O–H groups in total. The molecule has 5 heteroatoms. The van der Waals surface area contributed by atoms with Gasteiger partial charge in [0.1, 0.15) is 11.5 Å². The van der Waals surface area contributed by atoms with Crippen LogP contribution in [0, 0.1) is 5.92 Å². The summed E-state index contributed by atoms with van der Waals surface area (Å²) >= 11 is 0. The van der Waals surface area contributed by atoms with Crippen molar-refractivity contribution in [3.05, 3.63) is 41.6 Å². The zero-order chi connectivity index (χ0) is 14.8. The lowest BCUT2D eigenvalue weighted by Crippen LogP contribution is -2.26. The maximum absolute atomic E-state index is 11.9. The average molecular weight is 287 g/mol. The zero-order valence-corrected chi connectivity index (χ0v) is 12.4. The molecule has 21 heavy (non-hydrogen) atoms. The van der Waals surface area contributed by atoms with Crippen LogP contribution in [0.5, 0.6) is 0 Å². The summed E-state index contributed by atoms with van der Waals surface area (Å²) in [6.07, 6.45) is 5.82. The van der Waals surface area contributed by atoms with Crippen molar-refractivity contribution in [2.24, 2.45) is 5.92 Å². The summed E-state index contributed by atoms with van der Waals surface area (Å²) in [6.45, 7) is 4.18. The van der Waals surface area contributed by atoms with Crippen LogP contribution in [0.25, 0.3) is 0 Å². The minimum atomic E-state index is -0.0317. The fourth-order valence-corrected chi connectivity index (χ4v) is 2.58. The van der Waals surface area contributed by atoms with E-state index in [1.54, 1.807) is 12.4 Å². The van der Waals surface area contributed by atoms with E-state index in [-0.39, 0.29) is 11.9 Å². The summed E-state index contributed by atoms with van der Waals surface area (Å²) in [7, 11) is 0. The van der Waals surface area contributed by atoms with Gasteiger partial charge in [-0.3, -0.25) is 9.89 Å². The van der Waals surface area contributed by atoms with Crippen LogP contribution >= 0.6 is 0 Å². The predicted octanol–water partition coefficient (Wildman–Crippen LogP) is 2.94. The molecule has 3 unspecified atom stereocenters. The molecule has 0 radical (unpaired) electrons. The molecule has 1 fully saturated rings. The van der Waals surface area contributed by atoms with Crippen molar-refractivity contribution in [1.29, 1.82) is 0 Å². The Bertz CT molecular complexity index is 603. The molecule has 5 nitrogen and oxygen atoms in total. The predicted molar refractivity (Wildman–Crippen MR) is 78.7 cm³/mol. The SMILES string of the molecule is CC(NC(=O)CCc1ccc(C2CC2C)o1)c1cn[nH]c1. The Labute approximate surface area is 124 Å². The van der Waals surface area contributed by atoms with E-state index in [4.69, 9.17) is 4.42 Å². The minimum Gasteiger partial charge on any atom is -0.466 e. The van der Waals surface area contributed by atoms with Crippen LogP contribution in [-0.4, -0.2) is 16.1 Å². The Morgan fingerprint density at radius 1 is 1.57 bits per heavy atom. The normalized spacial score (nSPS) is 22.0. The van der Waals surface area contributed by atoms with E-state index in [9.17, 15) is 4.79 Å². The summed E-state index contributed by atoms with van der Waals surface area (Å²) in [6, 6.07) is 4.01. The van der Waals surface area contributed by atoms with E-state index in [0.717, 1.165) is 23.0 Å². The third kappa shape index (κ3) is 3.35. The molecule has 3 atom stereocenters. The first-order valence-corrected chi connectivity index (χ1v) is 7.50. The Kier molecular flexibility index (Phi) is 3.82. The largest absolute Gasteiger partial charge is 0.466 e. The highest BCUT2D eigenvalue weighted by atomic mass is 16.3. The summed E-state index contributed by atoms with van der Waals surface area (Å²) in [5, 5.41) is 9.59. The van der Waals surface area contributed by atoms with Crippen molar-refractivity contribution < 1.29 is 9.21 Å². The Balaban J connectivity index is 1.46. The van der Waals surface area contributed by atoms with E-state index in [0.29, 0.717) is 18.8 Å². The van der Waals surface area contributed by atoms with Gasteiger partial charge < -0.3 is 9.73 Å². The van der Waals surface area contributed by atoms with Crippen molar-refractivity contribution in [2.75, 3.05) is 0 Å². The number of rotatable bonds is 6. The van der Waals surface area contributed by atoms with Crippen LogP contribution in [0.1, 0.15) is 55.7 Å². The van der Waals surface area contributed by atoms with E-state index >= 15 is 0 Å². The number of hydrogen-bond acceptors (Lipinski definition) is 3. The van der Waals surface area contributed by atoms with Crippen LogP contribution in [0.4, 0.5) is 0 Å². The second-order valence-corrected chi connectivity index (χ2v) is 5.94. The van der Waals surface area contributed by atoms with Crippen LogP contribution in [0.3, 0.4) is 0 Å². The lowest BCUT2D eigenvalue weighted by molar-refractivity contribution is -0.121. The average Bonchev–Trinajstić information content (AvgIpc) is 2.93. The second-order valence-electron chi connectivity index (χ2n) is 5.94. The topological polar surface area (TPSA) is 70.9 Å². The van der Waals surface area contributed by atoms with Gasteiger partial charge in [-0.2, -0.15) is 5.10 Å². The van der Waals surface area contributed by atoms with Gasteiger partial charge in [0.25, 0.3) is 0 Å². The molecule has 3 rings (SSSR count). The highest BCUT2D eigenvalue weighted by Crippen LogP contribution is 2.47. The first kappa shape index (κ1) is 13.9. The molecule has 0 spiro atoms. The van der Waals surface area contributed by atoms with Gasteiger partial charge in [-0.15, -0.1) is 0 Å². The minimum absolute atomic E-state index is 0.0291. The van der Waals surface area contributed by atoms with Crippen molar-refractivity contribution in [3.8, 4) is 0 Å². The number of nitrogens with one attached hydrogen (secondary N) is 2. The maximum Gasteiger partial charge on any atom is 0.220 e. The molecule has 0 saturated heterocycles. The van der Waals surface area contributed by atoms with Gasteiger partial charge in [0.15, 0.2) is 0 Å². The van der Waals surface area contributed by atoms with Crippen LogP contribution in [-0.2, 0) is 11.2 Å². The van der Waals surface area contributed by atoms with Crippen molar-refractivity contribution in [3.63, 3.8) is 0 Å². The smallest absolute Gasteiger partial charge is 0.220 e. The van der Waals surface area contributed by atoms with Gasteiger partial charge in [-0.1, -0.05) is 6.92 Å². The second kappa shape index (κ2) is 5.76. The highest BCUT2D eigenvalue weighted by Gasteiger charge is 2.36. The molecule has 1 amide bonds. The third-order valence-electron chi connectivity index (χ3n) is 4.15. The number of H-pyrrole nitrogens is 1. The van der Waals surface area contributed by atoms with Crippen molar-refractivity contribution >= 4 is 5.91 Å². The molecule has 2 aromatic heterocycles. The number of amides is 1. The standard InChI is InChI=1S/C16H21N3O2/c1-10-7-14(10)15-5-3-13(21-15)4-6-16(20)19-11(2)12-8-17-18-9-12/h3,5,8-11,14H,4,6-7H2,1-2H3,(H,17,18)(H,19,20). The van der Waals surface area contributed by atoms with Gasteiger partial charge in [0, 0.05) is 30.5 Å². The Hall–Kier alpha value is -2.04. The number of hydrogen-bond donors (Lipinski definition) is 2. The number of carbonyl (C=O) groups excluding carboxylic acids is 1. The fraction of sp³-hybridized carbons (Fsp3) is 0.500. The number of aromatic amines is 1. The van der Waals surface area contributed by atoms with E-state index in [2.05, 4.69) is 28.5 Å². The van der Waals surface area contributed by atoms with Crippen molar-refractivity contribution in [1.82, 2.24) is 15.5 Å². The lowest BCUT2D eigenvalue weighted by Gasteiger charge is -2.11. The van der Waals surface area contributed by atoms with Gasteiger partial charge in [0.2, 0.25) is 5.91 Å². The van der Waals surface area contributed by atoms with Gasteiger partial charge in [0.05, 0.1) is 12.2 Å². The molecule has 1 aliphatic rings.